The van der Waals surface area contributed by atoms with Gasteiger partial charge in [-0.15, -0.1) is 0 Å². The van der Waals surface area contributed by atoms with E-state index in [1.54, 1.807) is 6.07 Å². The van der Waals surface area contributed by atoms with Crippen LogP contribution in [0.25, 0.3) is 0 Å². The predicted molar refractivity (Wildman–Crippen MR) is 74.9 cm³/mol. The van der Waals surface area contributed by atoms with Crippen molar-refractivity contribution in [1.82, 2.24) is 9.62 Å². The third-order valence-electron chi connectivity index (χ3n) is 3.66. The van der Waals surface area contributed by atoms with Gasteiger partial charge < -0.3 is 14.5 Å². The first-order valence-corrected chi connectivity index (χ1v) is 8.12. The molecular formula is C13H22N2O4S. The van der Waals surface area contributed by atoms with Crippen LogP contribution in [-0.4, -0.2) is 45.6 Å². The lowest BCUT2D eigenvalue weighted by atomic mass is 9.92. The van der Waals surface area contributed by atoms with Crippen molar-refractivity contribution in [3.05, 3.63) is 17.9 Å². The lowest BCUT2D eigenvalue weighted by Gasteiger charge is -2.34. The highest BCUT2D eigenvalue weighted by Crippen LogP contribution is 2.22. The van der Waals surface area contributed by atoms with Gasteiger partial charge in [-0.25, -0.2) is 12.7 Å². The van der Waals surface area contributed by atoms with E-state index in [2.05, 4.69) is 12.2 Å². The molecule has 1 aliphatic rings. The molecule has 1 aromatic heterocycles. The van der Waals surface area contributed by atoms with Crippen molar-refractivity contribution in [2.24, 2.45) is 0 Å². The second-order valence-electron chi connectivity index (χ2n) is 5.53. The summed E-state index contributed by atoms with van der Waals surface area (Å²) in [5, 5.41) is 3.41. The summed E-state index contributed by atoms with van der Waals surface area (Å²) >= 11 is 0. The summed E-state index contributed by atoms with van der Waals surface area (Å²) in [4.78, 5) is 0. The minimum Gasteiger partial charge on any atom is -0.447 e. The van der Waals surface area contributed by atoms with Gasteiger partial charge in [0.1, 0.15) is 5.76 Å². The third kappa shape index (κ3) is 3.41. The van der Waals surface area contributed by atoms with Gasteiger partial charge in [-0.1, -0.05) is 0 Å². The first kappa shape index (κ1) is 15.5. The fraction of sp³-hybridized carbons (Fsp3) is 0.692. The summed E-state index contributed by atoms with van der Waals surface area (Å²) in [6.07, 6.45) is 1.88. The molecule has 1 aromatic rings. The van der Waals surface area contributed by atoms with E-state index < -0.39 is 10.0 Å². The molecule has 1 fully saturated rings. The molecule has 0 aliphatic carbocycles. The average molecular weight is 302 g/mol. The van der Waals surface area contributed by atoms with Gasteiger partial charge >= 0.3 is 0 Å². The zero-order chi connectivity index (χ0) is 14.8. The average Bonchev–Trinajstić information content (AvgIpc) is 2.87. The third-order valence-corrected chi connectivity index (χ3v) is 5.35. The van der Waals surface area contributed by atoms with Crippen LogP contribution in [-0.2, 0) is 21.3 Å². The summed E-state index contributed by atoms with van der Waals surface area (Å²) in [5.41, 5.74) is 0.0195. The van der Waals surface area contributed by atoms with Gasteiger partial charge in [-0.3, -0.25) is 0 Å². The van der Waals surface area contributed by atoms with Gasteiger partial charge in [-0.2, -0.15) is 0 Å². The molecule has 2 heterocycles. The van der Waals surface area contributed by atoms with E-state index in [4.69, 9.17) is 9.15 Å². The fourth-order valence-electron chi connectivity index (χ4n) is 2.07. The maximum absolute atomic E-state index is 11.9. The van der Waals surface area contributed by atoms with Gasteiger partial charge in [0.25, 0.3) is 10.0 Å². The minimum atomic E-state index is -3.50. The van der Waals surface area contributed by atoms with E-state index in [1.165, 1.54) is 20.2 Å². The molecule has 0 bridgehead atoms. The predicted octanol–water partition coefficient (Wildman–Crippen LogP) is 1.19. The van der Waals surface area contributed by atoms with Crippen LogP contribution >= 0.6 is 0 Å². The zero-order valence-electron chi connectivity index (χ0n) is 12.2. The van der Waals surface area contributed by atoms with Crippen LogP contribution in [0.1, 0.15) is 25.5 Å². The molecule has 1 saturated heterocycles. The molecule has 0 saturated carbocycles. The highest BCUT2D eigenvalue weighted by Gasteiger charge is 2.27. The van der Waals surface area contributed by atoms with E-state index in [-0.39, 0.29) is 10.6 Å². The Morgan fingerprint density at radius 1 is 1.30 bits per heavy atom. The Hall–Kier alpha value is -0.890. The summed E-state index contributed by atoms with van der Waals surface area (Å²) < 4.78 is 35.7. The maximum Gasteiger partial charge on any atom is 0.275 e. The number of furan rings is 1. The summed E-state index contributed by atoms with van der Waals surface area (Å²) in [6.45, 7) is 4.17. The Labute approximate surface area is 120 Å². The minimum absolute atomic E-state index is 0.0172. The molecule has 1 N–H and O–H groups in total. The quantitative estimate of drug-likeness (QED) is 0.884. The van der Waals surface area contributed by atoms with E-state index >= 15 is 0 Å². The van der Waals surface area contributed by atoms with Crippen molar-refractivity contribution >= 4 is 10.0 Å². The van der Waals surface area contributed by atoms with E-state index in [0.29, 0.717) is 12.3 Å². The number of sulfonamides is 1. The smallest absolute Gasteiger partial charge is 0.275 e. The highest BCUT2D eigenvalue weighted by atomic mass is 32.2. The molecule has 0 aromatic carbocycles. The van der Waals surface area contributed by atoms with Crippen LogP contribution < -0.4 is 5.32 Å². The van der Waals surface area contributed by atoms with Crippen LogP contribution in [0.4, 0.5) is 0 Å². The molecule has 114 valence electrons. The summed E-state index contributed by atoms with van der Waals surface area (Å²) in [6, 6.07) is 3.20. The molecule has 6 nitrogen and oxygen atoms in total. The lowest BCUT2D eigenvalue weighted by Crippen LogP contribution is -2.46. The van der Waals surface area contributed by atoms with E-state index in [9.17, 15) is 8.42 Å². The van der Waals surface area contributed by atoms with Crippen LogP contribution in [0.3, 0.4) is 0 Å². The molecule has 7 heteroatoms. The van der Waals surface area contributed by atoms with Gasteiger partial charge in [0, 0.05) is 32.8 Å². The number of hydrogen-bond donors (Lipinski definition) is 1. The van der Waals surface area contributed by atoms with Gasteiger partial charge in [0.05, 0.1) is 6.54 Å². The number of rotatable bonds is 5. The monoisotopic (exact) mass is 302 g/mol. The summed E-state index contributed by atoms with van der Waals surface area (Å²) in [5.74, 6) is 0.623. The molecule has 20 heavy (non-hydrogen) atoms. The van der Waals surface area contributed by atoms with Crippen molar-refractivity contribution in [2.75, 3.05) is 27.3 Å². The summed E-state index contributed by atoms with van der Waals surface area (Å²) in [7, 11) is -0.526. The number of ether oxygens (including phenoxy) is 1. The van der Waals surface area contributed by atoms with Crippen molar-refractivity contribution in [3.63, 3.8) is 0 Å². The Balaban J connectivity index is 2.00. The lowest BCUT2D eigenvalue weighted by molar-refractivity contribution is 0.0438. The van der Waals surface area contributed by atoms with E-state index in [1.807, 2.05) is 0 Å². The Kier molecular flexibility index (Phi) is 4.53. The topological polar surface area (TPSA) is 71.8 Å². The fourth-order valence-corrected chi connectivity index (χ4v) is 2.88. The van der Waals surface area contributed by atoms with Crippen LogP contribution in [0, 0.1) is 0 Å². The zero-order valence-corrected chi connectivity index (χ0v) is 13.0. The van der Waals surface area contributed by atoms with Crippen molar-refractivity contribution in [2.45, 2.75) is 36.9 Å². The molecule has 0 amide bonds. The Bertz CT molecular complexity index is 544. The van der Waals surface area contributed by atoms with Crippen LogP contribution in [0.15, 0.2) is 21.6 Å². The molecule has 0 atom stereocenters. The number of nitrogens with zero attached hydrogens (tertiary/aromatic N) is 1. The van der Waals surface area contributed by atoms with Crippen molar-refractivity contribution < 1.29 is 17.6 Å². The van der Waals surface area contributed by atoms with Crippen LogP contribution in [0.2, 0.25) is 0 Å². The van der Waals surface area contributed by atoms with Crippen molar-refractivity contribution in [1.29, 1.82) is 0 Å². The SMILES string of the molecule is CN(C)S(=O)(=O)c1ccc(CNC2(C)CCOCC2)o1. The molecule has 2 rings (SSSR count). The Morgan fingerprint density at radius 2 is 1.95 bits per heavy atom. The first-order valence-electron chi connectivity index (χ1n) is 6.67. The van der Waals surface area contributed by atoms with Crippen LogP contribution in [0.5, 0.6) is 0 Å². The van der Waals surface area contributed by atoms with Gasteiger partial charge in [0.15, 0.2) is 0 Å². The second-order valence-corrected chi connectivity index (χ2v) is 7.62. The highest BCUT2D eigenvalue weighted by molar-refractivity contribution is 7.88. The van der Waals surface area contributed by atoms with E-state index in [0.717, 1.165) is 30.4 Å². The molecular weight excluding hydrogens is 280 g/mol. The standard InChI is InChI=1S/C13H22N2O4S/c1-13(6-8-18-9-7-13)14-10-11-4-5-12(19-11)20(16,17)15(2)3/h4-5,14H,6-10H2,1-3H3. The maximum atomic E-state index is 11.9. The normalized spacial score (nSPS) is 19.4. The molecule has 1 aliphatic heterocycles. The first-order chi connectivity index (χ1) is 9.33. The number of nitrogens with one attached hydrogen (secondary N) is 1. The Morgan fingerprint density at radius 3 is 2.55 bits per heavy atom. The second kappa shape index (κ2) is 5.85. The molecule has 0 radical (unpaired) electrons. The molecule has 0 spiro atoms. The number of hydrogen-bond acceptors (Lipinski definition) is 5. The molecule has 0 unspecified atom stereocenters. The van der Waals surface area contributed by atoms with Crippen molar-refractivity contribution in [3.8, 4) is 0 Å². The van der Waals surface area contributed by atoms with Gasteiger partial charge in [0.2, 0.25) is 5.09 Å². The largest absolute Gasteiger partial charge is 0.447 e. The van der Waals surface area contributed by atoms with Gasteiger partial charge in [-0.05, 0) is 31.9 Å².